The maximum atomic E-state index is 13.8. The van der Waals surface area contributed by atoms with Crippen molar-refractivity contribution in [2.24, 2.45) is 5.92 Å². The van der Waals surface area contributed by atoms with Gasteiger partial charge in [-0.1, -0.05) is 44.2 Å². The van der Waals surface area contributed by atoms with Crippen LogP contribution in [0.2, 0.25) is 0 Å². The summed E-state index contributed by atoms with van der Waals surface area (Å²) in [7, 11) is 0. The standard InChI is InChI=1S/C21H23FN2O3/c1-13(2)19(24-20(25)16-8-4-5-9-17(16)22)21(26)23-12-15-11-14-7-3-6-10-18(14)27-15/h3-10,13,15,19H,11-12H2,1-2H3,(H,23,26)(H,24,25). The summed E-state index contributed by atoms with van der Waals surface area (Å²) < 4.78 is 19.6. The van der Waals surface area contributed by atoms with Gasteiger partial charge in [0, 0.05) is 6.42 Å². The minimum Gasteiger partial charge on any atom is -0.488 e. The number of benzene rings is 2. The Balaban J connectivity index is 1.58. The maximum Gasteiger partial charge on any atom is 0.254 e. The molecule has 5 nitrogen and oxygen atoms in total. The van der Waals surface area contributed by atoms with E-state index >= 15 is 0 Å². The van der Waals surface area contributed by atoms with Crippen LogP contribution >= 0.6 is 0 Å². The predicted octanol–water partition coefficient (Wildman–Crippen LogP) is 2.70. The second-order valence-electron chi connectivity index (χ2n) is 6.97. The number of hydrogen-bond donors (Lipinski definition) is 2. The number of hydrogen-bond acceptors (Lipinski definition) is 3. The molecule has 3 rings (SSSR count). The molecule has 2 amide bonds. The van der Waals surface area contributed by atoms with E-state index in [9.17, 15) is 14.0 Å². The third-order valence-corrected chi connectivity index (χ3v) is 4.57. The van der Waals surface area contributed by atoms with E-state index in [1.165, 1.54) is 18.2 Å². The fourth-order valence-electron chi connectivity index (χ4n) is 3.09. The summed E-state index contributed by atoms with van der Waals surface area (Å²) in [5.41, 5.74) is 1.04. The van der Waals surface area contributed by atoms with Gasteiger partial charge in [-0.15, -0.1) is 0 Å². The fourth-order valence-corrected chi connectivity index (χ4v) is 3.09. The molecule has 0 aliphatic carbocycles. The predicted molar refractivity (Wildman–Crippen MR) is 100 cm³/mol. The van der Waals surface area contributed by atoms with Crippen LogP contribution in [-0.2, 0) is 11.2 Å². The second-order valence-corrected chi connectivity index (χ2v) is 6.97. The first kappa shape index (κ1) is 18.9. The van der Waals surface area contributed by atoms with Crippen molar-refractivity contribution in [2.75, 3.05) is 6.54 Å². The molecule has 0 radical (unpaired) electrons. The lowest BCUT2D eigenvalue weighted by molar-refractivity contribution is -0.124. The average molecular weight is 370 g/mol. The highest BCUT2D eigenvalue weighted by Gasteiger charge is 2.28. The lowest BCUT2D eigenvalue weighted by atomic mass is 10.0. The van der Waals surface area contributed by atoms with Crippen LogP contribution in [0.15, 0.2) is 48.5 Å². The number of ether oxygens (including phenoxy) is 1. The first-order chi connectivity index (χ1) is 13.0. The quantitative estimate of drug-likeness (QED) is 0.822. The van der Waals surface area contributed by atoms with Crippen molar-refractivity contribution in [3.05, 3.63) is 65.5 Å². The Morgan fingerprint density at radius 2 is 1.85 bits per heavy atom. The highest BCUT2D eigenvalue weighted by atomic mass is 19.1. The molecule has 2 N–H and O–H groups in total. The van der Waals surface area contributed by atoms with Gasteiger partial charge in [0.25, 0.3) is 5.91 Å². The fraction of sp³-hybridized carbons (Fsp3) is 0.333. The Morgan fingerprint density at radius 1 is 1.15 bits per heavy atom. The zero-order valence-electron chi connectivity index (χ0n) is 15.4. The molecule has 2 atom stereocenters. The molecular formula is C21H23FN2O3. The van der Waals surface area contributed by atoms with E-state index in [0.717, 1.165) is 17.7 Å². The molecule has 0 saturated heterocycles. The van der Waals surface area contributed by atoms with E-state index in [4.69, 9.17) is 4.74 Å². The number of fused-ring (bicyclic) bond motifs is 1. The molecule has 0 bridgehead atoms. The summed E-state index contributed by atoms with van der Waals surface area (Å²) in [5, 5.41) is 5.47. The summed E-state index contributed by atoms with van der Waals surface area (Å²) in [5.74, 6) is -0.844. The summed E-state index contributed by atoms with van der Waals surface area (Å²) in [6.45, 7) is 3.99. The molecule has 0 aromatic heterocycles. The number of halogens is 1. The van der Waals surface area contributed by atoms with Crippen molar-refractivity contribution in [1.29, 1.82) is 0 Å². The van der Waals surface area contributed by atoms with Crippen LogP contribution in [0, 0.1) is 11.7 Å². The van der Waals surface area contributed by atoms with Gasteiger partial charge in [0.15, 0.2) is 0 Å². The Morgan fingerprint density at radius 3 is 2.56 bits per heavy atom. The van der Waals surface area contributed by atoms with Crippen LogP contribution in [0.5, 0.6) is 5.75 Å². The van der Waals surface area contributed by atoms with Crippen molar-refractivity contribution in [3.8, 4) is 5.75 Å². The Labute approximate surface area is 157 Å². The number of para-hydroxylation sites is 1. The number of amides is 2. The molecule has 2 unspecified atom stereocenters. The normalized spacial score (nSPS) is 16.4. The monoisotopic (exact) mass is 370 g/mol. The zero-order chi connectivity index (χ0) is 19.4. The van der Waals surface area contributed by atoms with Crippen LogP contribution < -0.4 is 15.4 Å². The molecule has 1 aliphatic heterocycles. The number of nitrogens with one attached hydrogen (secondary N) is 2. The Hall–Kier alpha value is -2.89. The molecule has 0 spiro atoms. The Kier molecular flexibility index (Phi) is 5.74. The zero-order valence-corrected chi connectivity index (χ0v) is 15.4. The van der Waals surface area contributed by atoms with E-state index in [1.807, 2.05) is 38.1 Å². The molecule has 27 heavy (non-hydrogen) atoms. The summed E-state index contributed by atoms with van der Waals surface area (Å²) in [6.07, 6.45) is 0.589. The van der Waals surface area contributed by atoms with Crippen LogP contribution in [0.3, 0.4) is 0 Å². The van der Waals surface area contributed by atoms with Gasteiger partial charge in [-0.05, 0) is 29.7 Å². The van der Waals surface area contributed by atoms with Crippen LogP contribution in [-0.4, -0.2) is 30.5 Å². The SMILES string of the molecule is CC(C)C(NC(=O)c1ccccc1F)C(=O)NCC1Cc2ccccc2O1. The molecule has 142 valence electrons. The minimum atomic E-state index is -0.763. The van der Waals surface area contributed by atoms with Gasteiger partial charge in [-0.2, -0.15) is 0 Å². The lowest BCUT2D eigenvalue weighted by Gasteiger charge is -2.22. The van der Waals surface area contributed by atoms with Crippen molar-refractivity contribution < 1.29 is 18.7 Å². The van der Waals surface area contributed by atoms with Gasteiger partial charge in [0.2, 0.25) is 5.91 Å². The summed E-state index contributed by atoms with van der Waals surface area (Å²) in [4.78, 5) is 24.9. The summed E-state index contributed by atoms with van der Waals surface area (Å²) >= 11 is 0. The molecule has 2 aromatic carbocycles. The van der Waals surface area contributed by atoms with Crippen LogP contribution in [0.25, 0.3) is 0 Å². The third kappa shape index (κ3) is 4.45. The van der Waals surface area contributed by atoms with Crippen LogP contribution in [0.1, 0.15) is 29.8 Å². The van der Waals surface area contributed by atoms with E-state index in [0.29, 0.717) is 6.54 Å². The molecule has 1 aliphatic rings. The van der Waals surface area contributed by atoms with Crippen molar-refractivity contribution in [1.82, 2.24) is 10.6 Å². The van der Waals surface area contributed by atoms with Crippen molar-refractivity contribution in [3.63, 3.8) is 0 Å². The Bertz CT molecular complexity index is 813. The van der Waals surface area contributed by atoms with Gasteiger partial charge in [0.1, 0.15) is 23.7 Å². The van der Waals surface area contributed by atoms with Gasteiger partial charge in [-0.3, -0.25) is 9.59 Å². The maximum absolute atomic E-state index is 13.8. The number of carbonyl (C=O) groups is 2. The molecule has 6 heteroatoms. The second kappa shape index (κ2) is 8.20. The van der Waals surface area contributed by atoms with Gasteiger partial charge < -0.3 is 15.4 Å². The van der Waals surface area contributed by atoms with Crippen molar-refractivity contribution >= 4 is 11.8 Å². The van der Waals surface area contributed by atoms with Gasteiger partial charge in [-0.25, -0.2) is 4.39 Å². The molecule has 2 aromatic rings. The molecule has 0 saturated carbocycles. The third-order valence-electron chi connectivity index (χ3n) is 4.57. The first-order valence-corrected chi connectivity index (χ1v) is 9.03. The molecule has 1 heterocycles. The molecular weight excluding hydrogens is 347 g/mol. The van der Waals surface area contributed by atoms with Crippen molar-refractivity contribution in [2.45, 2.75) is 32.4 Å². The van der Waals surface area contributed by atoms with E-state index in [-0.39, 0.29) is 23.5 Å². The van der Waals surface area contributed by atoms with E-state index in [2.05, 4.69) is 10.6 Å². The first-order valence-electron chi connectivity index (χ1n) is 9.03. The smallest absolute Gasteiger partial charge is 0.254 e. The number of rotatable bonds is 6. The van der Waals surface area contributed by atoms with E-state index < -0.39 is 17.8 Å². The van der Waals surface area contributed by atoms with Crippen LogP contribution in [0.4, 0.5) is 4.39 Å². The average Bonchev–Trinajstić information content (AvgIpc) is 3.07. The lowest BCUT2D eigenvalue weighted by Crippen LogP contribution is -2.51. The highest BCUT2D eigenvalue weighted by Crippen LogP contribution is 2.27. The van der Waals surface area contributed by atoms with Gasteiger partial charge >= 0.3 is 0 Å². The summed E-state index contributed by atoms with van der Waals surface area (Å²) in [6, 6.07) is 12.7. The topological polar surface area (TPSA) is 67.4 Å². The minimum absolute atomic E-state index is 0.0782. The highest BCUT2D eigenvalue weighted by molar-refractivity contribution is 5.97. The van der Waals surface area contributed by atoms with Gasteiger partial charge in [0.05, 0.1) is 12.1 Å². The largest absolute Gasteiger partial charge is 0.488 e. The van der Waals surface area contributed by atoms with E-state index in [1.54, 1.807) is 6.07 Å². The number of carbonyl (C=O) groups excluding carboxylic acids is 2. The molecule has 0 fully saturated rings.